The lowest BCUT2D eigenvalue weighted by atomic mass is 10.1. The zero-order chi connectivity index (χ0) is 13.2. The lowest BCUT2D eigenvalue weighted by Gasteiger charge is -2.07. The van der Waals surface area contributed by atoms with Crippen LogP contribution in [0.1, 0.15) is 5.69 Å². The predicted molar refractivity (Wildman–Crippen MR) is 71.0 cm³/mol. The lowest BCUT2D eigenvalue weighted by molar-refractivity contribution is 0.476. The average molecular weight is 252 g/mol. The van der Waals surface area contributed by atoms with Crippen LogP contribution in [0, 0.1) is 6.92 Å². The van der Waals surface area contributed by atoms with Crippen LogP contribution in [-0.4, -0.2) is 25.1 Å². The third-order valence-electron chi connectivity index (χ3n) is 2.82. The topological polar surface area (TPSA) is 63.8 Å². The van der Waals surface area contributed by atoms with E-state index in [0.717, 1.165) is 11.4 Å². The lowest BCUT2D eigenvalue weighted by Crippen LogP contribution is -1.95. The first-order valence-electron chi connectivity index (χ1n) is 5.88. The normalized spacial score (nSPS) is 10.6. The summed E-state index contributed by atoms with van der Waals surface area (Å²) in [4.78, 5) is 0. The van der Waals surface area contributed by atoms with Crippen molar-refractivity contribution in [2.45, 2.75) is 6.92 Å². The van der Waals surface area contributed by atoms with Crippen LogP contribution in [0.4, 0.5) is 0 Å². The molecule has 3 aromatic rings. The molecule has 5 heteroatoms. The van der Waals surface area contributed by atoms with Crippen LogP contribution < -0.4 is 0 Å². The third-order valence-corrected chi connectivity index (χ3v) is 2.82. The quantitative estimate of drug-likeness (QED) is 0.760. The van der Waals surface area contributed by atoms with Crippen LogP contribution in [0.15, 0.2) is 48.8 Å². The van der Waals surface area contributed by atoms with E-state index < -0.39 is 0 Å². The van der Waals surface area contributed by atoms with Crippen LogP contribution >= 0.6 is 0 Å². The molecule has 3 rings (SSSR count). The van der Waals surface area contributed by atoms with Gasteiger partial charge < -0.3 is 5.11 Å². The van der Waals surface area contributed by atoms with Crippen molar-refractivity contribution in [3.63, 3.8) is 0 Å². The van der Waals surface area contributed by atoms with Gasteiger partial charge >= 0.3 is 0 Å². The van der Waals surface area contributed by atoms with Gasteiger partial charge in [0.2, 0.25) is 0 Å². The van der Waals surface area contributed by atoms with Crippen molar-refractivity contribution in [2.24, 2.45) is 0 Å². The standard InChI is InChI=1S/C14H12N4O/c1-10-3-6-13(17-16-10)12-5-4-11(9-14(12)19)18-8-2-7-15-18/h2-9,19H,1H3. The highest BCUT2D eigenvalue weighted by molar-refractivity contribution is 5.68. The Morgan fingerprint density at radius 3 is 2.63 bits per heavy atom. The van der Waals surface area contributed by atoms with Crippen LogP contribution in [0.2, 0.25) is 0 Å². The first-order valence-corrected chi connectivity index (χ1v) is 5.88. The number of aryl methyl sites for hydroxylation is 1. The monoisotopic (exact) mass is 252 g/mol. The number of aromatic hydroxyl groups is 1. The van der Waals surface area contributed by atoms with Gasteiger partial charge in [-0.05, 0) is 37.3 Å². The minimum absolute atomic E-state index is 0.158. The molecule has 1 N–H and O–H groups in total. The van der Waals surface area contributed by atoms with Crippen molar-refractivity contribution < 1.29 is 5.11 Å². The summed E-state index contributed by atoms with van der Waals surface area (Å²) >= 11 is 0. The Morgan fingerprint density at radius 2 is 2.00 bits per heavy atom. The Morgan fingerprint density at radius 1 is 1.11 bits per heavy atom. The summed E-state index contributed by atoms with van der Waals surface area (Å²) in [7, 11) is 0. The van der Waals surface area contributed by atoms with Crippen LogP contribution in [0.5, 0.6) is 5.75 Å². The number of hydrogen-bond acceptors (Lipinski definition) is 4. The summed E-state index contributed by atoms with van der Waals surface area (Å²) in [5, 5.41) is 22.3. The molecule has 0 saturated carbocycles. The van der Waals surface area contributed by atoms with Gasteiger partial charge in [-0.15, -0.1) is 0 Å². The van der Waals surface area contributed by atoms with Gasteiger partial charge in [-0.1, -0.05) is 0 Å². The Labute approximate surface area is 110 Å². The summed E-state index contributed by atoms with van der Waals surface area (Å²) < 4.78 is 1.68. The molecule has 94 valence electrons. The Balaban J connectivity index is 2.03. The SMILES string of the molecule is Cc1ccc(-c2ccc(-n3cccn3)cc2O)nn1. The predicted octanol–water partition coefficient (Wildman–Crippen LogP) is 2.34. The van der Waals surface area contributed by atoms with Crippen LogP contribution in [0.3, 0.4) is 0 Å². The molecule has 19 heavy (non-hydrogen) atoms. The second-order valence-electron chi connectivity index (χ2n) is 4.21. The molecule has 1 aromatic carbocycles. The van der Waals surface area contributed by atoms with Gasteiger partial charge in [0.1, 0.15) is 5.75 Å². The summed E-state index contributed by atoms with van der Waals surface area (Å²) in [6, 6.07) is 10.9. The molecule has 0 atom stereocenters. The van der Waals surface area contributed by atoms with Crippen LogP contribution in [-0.2, 0) is 0 Å². The summed E-state index contributed by atoms with van der Waals surface area (Å²) in [6.45, 7) is 1.87. The third kappa shape index (κ3) is 2.18. The molecule has 0 radical (unpaired) electrons. The Kier molecular flexibility index (Phi) is 2.72. The molecular formula is C14H12N4O. The molecule has 0 bridgehead atoms. The van der Waals surface area contributed by atoms with Gasteiger partial charge in [0.15, 0.2) is 0 Å². The number of nitrogens with zero attached hydrogens (tertiary/aromatic N) is 4. The molecule has 0 aliphatic rings. The number of benzene rings is 1. The van der Waals surface area contributed by atoms with Gasteiger partial charge in [0.05, 0.1) is 17.1 Å². The van der Waals surface area contributed by atoms with Gasteiger partial charge in [-0.25, -0.2) is 4.68 Å². The molecule has 0 aliphatic carbocycles. The zero-order valence-electron chi connectivity index (χ0n) is 10.4. The first kappa shape index (κ1) is 11.4. The van der Waals surface area contributed by atoms with E-state index in [1.165, 1.54) is 0 Å². The fourth-order valence-corrected chi connectivity index (χ4v) is 1.84. The molecule has 0 aliphatic heterocycles. The fraction of sp³-hybridized carbons (Fsp3) is 0.0714. The highest BCUT2D eigenvalue weighted by Crippen LogP contribution is 2.29. The number of phenolic OH excluding ortho intramolecular Hbond substituents is 1. The second-order valence-corrected chi connectivity index (χ2v) is 4.21. The smallest absolute Gasteiger partial charge is 0.127 e. The average Bonchev–Trinajstić information content (AvgIpc) is 2.94. The second kappa shape index (κ2) is 4.53. The van der Waals surface area contributed by atoms with Crippen molar-refractivity contribution >= 4 is 0 Å². The molecule has 0 fully saturated rings. The minimum Gasteiger partial charge on any atom is -0.507 e. The maximum Gasteiger partial charge on any atom is 0.127 e. The van der Waals surface area contributed by atoms with Crippen molar-refractivity contribution in [2.75, 3.05) is 0 Å². The van der Waals surface area contributed by atoms with E-state index in [4.69, 9.17) is 0 Å². The molecule has 0 amide bonds. The number of hydrogen-bond donors (Lipinski definition) is 1. The van der Waals surface area contributed by atoms with Crippen molar-refractivity contribution in [3.8, 4) is 22.7 Å². The van der Waals surface area contributed by atoms with E-state index in [1.54, 1.807) is 16.9 Å². The molecular weight excluding hydrogens is 240 g/mol. The molecule has 5 nitrogen and oxygen atoms in total. The van der Waals surface area contributed by atoms with E-state index in [0.29, 0.717) is 11.3 Å². The van der Waals surface area contributed by atoms with Crippen molar-refractivity contribution in [1.82, 2.24) is 20.0 Å². The number of aromatic nitrogens is 4. The summed E-state index contributed by atoms with van der Waals surface area (Å²) in [5.74, 6) is 0.158. The molecule has 2 heterocycles. The molecule has 0 saturated heterocycles. The van der Waals surface area contributed by atoms with Gasteiger partial charge in [0.25, 0.3) is 0 Å². The maximum atomic E-state index is 10.1. The van der Waals surface area contributed by atoms with Gasteiger partial charge in [0, 0.05) is 24.0 Å². The zero-order valence-corrected chi connectivity index (χ0v) is 10.4. The van der Waals surface area contributed by atoms with E-state index >= 15 is 0 Å². The van der Waals surface area contributed by atoms with E-state index in [-0.39, 0.29) is 5.75 Å². The van der Waals surface area contributed by atoms with E-state index in [9.17, 15) is 5.11 Å². The molecule has 0 unspecified atom stereocenters. The Bertz CT molecular complexity index is 690. The van der Waals surface area contributed by atoms with Gasteiger partial charge in [-0.3, -0.25) is 0 Å². The molecule has 0 spiro atoms. The first-order chi connectivity index (χ1) is 9.24. The number of rotatable bonds is 2. The minimum atomic E-state index is 0.158. The number of phenols is 1. The summed E-state index contributed by atoms with van der Waals surface area (Å²) in [6.07, 6.45) is 3.51. The fourth-order valence-electron chi connectivity index (χ4n) is 1.84. The Hall–Kier alpha value is -2.69. The maximum absolute atomic E-state index is 10.1. The van der Waals surface area contributed by atoms with Crippen molar-refractivity contribution in [3.05, 3.63) is 54.5 Å². The highest BCUT2D eigenvalue weighted by atomic mass is 16.3. The van der Waals surface area contributed by atoms with Gasteiger partial charge in [-0.2, -0.15) is 15.3 Å². The highest BCUT2D eigenvalue weighted by Gasteiger charge is 2.08. The largest absolute Gasteiger partial charge is 0.507 e. The van der Waals surface area contributed by atoms with Crippen LogP contribution in [0.25, 0.3) is 16.9 Å². The van der Waals surface area contributed by atoms with E-state index in [2.05, 4.69) is 15.3 Å². The van der Waals surface area contributed by atoms with Crippen molar-refractivity contribution in [1.29, 1.82) is 0 Å². The van der Waals surface area contributed by atoms with E-state index in [1.807, 2.05) is 43.5 Å². The summed E-state index contributed by atoms with van der Waals surface area (Å²) in [5.41, 5.74) is 2.95. The molecule has 2 aromatic heterocycles.